The van der Waals surface area contributed by atoms with E-state index in [9.17, 15) is 0 Å². The summed E-state index contributed by atoms with van der Waals surface area (Å²) >= 11 is 7.59. The molecule has 0 amide bonds. The highest BCUT2D eigenvalue weighted by atomic mass is 35.5. The molecule has 0 spiro atoms. The molecule has 1 aromatic carbocycles. The van der Waals surface area contributed by atoms with Crippen molar-refractivity contribution in [2.24, 2.45) is 0 Å². The first-order valence-corrected chi connectivity index (χ1v) is 8.16. The third-order valence-electron chi connectivity index (χ3n) is 2.88. The zero-order chi connectivity index (χ0) is 15.5. The maximum absolute atomic E-state index is 5.94. The van der Waals surface area contributed by atoms with Gasteiger partial charge >= 0.3 is 0 Å². The Morgan fingerprint density at radius 2 is 2.10 bits per heavy atom. The van der Waals surface area contributed by atoms with E-state index in [1.54, 1.807) is 11.3 Å². The van der Waals surface area contributed by atoms with Gasteiger partial charge in [0, 0.05) is 22.5 Å². The molecular weight excluding hydrogens is 304 g/mol. The first-order valence-electron chi connectivity index (χ1n) is 6.91. The fourth-order valence-electron chi connectivity index (χ4n) is 1.76. The Kier molecular flexibility index (Phi) is 5.25. The second-order valence-electron chi connectivity index (χ2n) is 6.03. The van der Waals surface area contributed by atoms with Crippen molar-refractivity contribution in [1.82, 2.24) is 10.3 Å². The summed E-state index contributed by atoms with van der Waals surface area (Å²) in [5.74, 6) is 0.849. The predicted molar refractivity (Wildman–Crippen MR) is 89.2 cm³/mol. The number of hydrogen-bond donors (Lipinski definition) is 1. The van der Waals surface area contributed by atoms with E-state index in [4.69, 9.17) is 16.3 Å². The van der Waals surface area contributed by atoms with Gasteiger partial charge in [-0.3, -0.25) is 0 Å². The van der Waals surface area contributed by atoms with Gasteiger partial charge in [-0.15, -0.1) is 11.3 Å². The molecule has 0 bridgehead atoms. The third kappa shape index (κ3) is 5.30. The fraction of sp³-hybridized carbons (Fsp3) is 0.438. The van der Waals surface area contributed by atoms with Gasteiger partial charge < -0.3 is 10.1 Å². The van der Waals surface area contributed by atoms with Crippen LogP contribution in [0.5, 0.6) is 5.75 Å². The summed E-state index contributed by atoms with van der Waals surface area (Å²) in [5, 5.41) is 7.29. The number of benzene rings is 1. The van der Waals surface area contributed by atoms with Crippen molar-refractivity contribution in [1.29, 1.82) is 0 Å². The lowest BCUT2D eigenvalue weighted by Gasteiger charge is -2.19. The number of hydrogen-bond acceptors (Lipinski definition) is 4. The van der Waals surface area contributed by atoms with Gasteiger partial charge in [0.05, 0.1) is 5.69 Å². The summed E-state index contributed by atoms with van der Waals surface area (Å²) in [6.07, 6.45) is 0. The molecule has 0 aliphatic carbocycles. The number of rotatable bonds is 5. The number of ether oxygens (including phenoxy) is 1. The molecule has 0 aliphatic heterocycles. The summed E-state index contributed by atoms with van der Waals surface area (Å²) in [6, 6.07) is 5.63. The highest BCUT2D eigenvalue weighted by Gasteiger charge is 2.10. The smallest absolute Gasteiger partial charge is 0.131 e. The fourth-order valence-corrected chi connectivity index (χ4v) is 2.71. The molecule has 21 heavy (non-hydrogen) atoms. The number of halogens is 1. The largest absolute Gasteiger partial charge is 0.487 e. The summed E-state index contributed by atoms with van der Waals surface area (Å²) in [5.41, 5.74) is 2.09. The monoisotopic (exact) mass is 324 g/mol. The quantitative estimate of drug-likeness (QED) is 0.874. The average molecular weight is 325 g/mol. The van der Waals surface area contributed by atoms with Crippen LogP contribution < -0.4 is 10.1 Å². The minimum atomic E-state index is 0.1000. The molecule has 1 heterocycles. The molecule has 114 valence electrons. The molecule has 1 aromatic heterocycles. The van der Waals surface area contributed by atoms with Gasteiger partial charge in [0.15, 0.2) is 0 Å². The number of aryl methyl sites for hydroxylation is 1. The van der Waals surface area contributed by atoms with Crippen LogP contribution in [0.4, 0.5) is 0 Å². The molecule has 0 radical (unpaired) electrons. The maximum atomic E-state index is 5.94. The van der Waals surface area contributed by atoms with Crippen molar-refractivity contribution in [3.63, 3.8) is 0 Å². The number of nitrogens with zero attached hydrogens (tertiary/aromatic N) is 1. The Labute approximate surface area is 135 Å². The summed E-state index contributed by atoms with van der Waals surface area (Å²) in [4.78, 5) is 4.58. The van der Waals surface area contributed by atoms with E-state index in [0.717, 1.165) is 33.6 Å². The van der Waals surface area contributed by atoms with Gasteiger partial charge in [-0.1, -0.05) is 11.6 Å². The number of thiazole rings is 1. The van der Waals surface area contributed by atoms with Crippen LogP contribution in [-0.4, -0.2) is 10.5 Å². The molecule has 5 heteroatoms. The van der Waals surface area contributed by atoms with Crippen molar-refractivity contribution in [2.75, 3.05) is 0 Å². The van der Waals surface area contributed by atoms with E-state index in [-0.39, 0.29) is 5.54 Å². The molecule has 0 saturated carbocycles. The van der Waals surface area contributed by atoms with Crippen molar-refractivity contribution in [2.45, 2.75) is 46.4 Å². The van der Waals surface area contributed by atoms with Gasteiger partial charge in [0.25, 0.3) is 0 Å². The van der Waals surface area contributed by atoms with Crippen LogP contribution in [0.3, 0.4) is 0 Å². The van der Waals surface area contributed by atoms with Crippen molar-refractivity contribution in [3.05, 3.63) is 44.9 Å². The molecule has 0 saturated heterocycles. The van der Waals surface area contributed by atoms with Crippen LogP contribution >= 0.6 is 22.9 Å². The van der Waals surface area contributed by atoms with Crippen LogP contribution in [0.2, 0.25) is 5.02 Å². The highest BCUT2D eigenvalue weighted by Crippen LogP contribution is 2.23. The molecule has 1 N–H and O–H groups in total. The van der Waals surface area contributed by atoms with E-state index in [2.05, 4.69) is 31.1 Å². The standard InChI is InChI=1S/C16H21ClN2OS/c1-11-7-12(17)5-6-14(11)20-9-13-10-21-15(19-13)8-18-16(2,3)4/h5-7,10,18H,8-9H2,1-4H3. The van der Waals surface area contributed by atoms with Gasteiger partial charge in [0.2, 0.25) is 0 Å². The molecule has 0 unspecified atom stereocenters. The number of aromatic nitrogens is 1. The van der Waals surface area contributed by atoms with Gasteiger partial charge in [-0.05, 0) is 51.5 Å². The Bertz CT molecular complexity index is 605. The summed E-state index contributed by atoms with van der Waals surface area (Å²) < 4.78 is 5.80. The van der Waals surface area contributed by atoms with E-state index in [1.165, 1.54) is 0 Å². The Morgan fingerprint density at radius 1 is 1.33 bits per heavy atom. The molecule has 2 rings (SSSR count). The first kappa shape index (κ1) is 16.3. The predicted octanol–water partition coefficient (Wildman–Crippen LogP) is 4.57. The normalized spacial score (nSPS) is 11.7. The minimum Gasteiger partial charge on any atom is -0.487 e. The van der Waals surface area contributed by atoms with Crippen molar-refractivity contribution >= 4 is 22.9 Å². The molecule has 0 aliphatic rings. The van der Waals surface area contributed by atoms with Crippen LogP contribution in [-0.2, 0) is 13.2 Å². The summed E-state index contributed by atoms with van der Waals surface area (Å²) in [6.45, 7) is 9.69. The Balaban J connectivity index is 1.90. The van der Waals surface area contributed by atoms with Crippen LogP contribution in [0, 0.1) is 6.92 Å². The van der Waals surface area contributed by atoms with Crippen LogP contribution in [0.25, 0.3) is 0 Å². The Hall–Kier alpha value is -1.10. The second-order valence-corrected chi connectivity index (χ2v) is 7.41. The number of nitrogens with one attached hydrogen (secondary N) is 1. The zero-order valence-corrected chi connectivity index (χ0v) is 14.4. The van der Waals surface area contributed by atoms with E-state index >= 15 is 0 Å². The SMILES string of the molecule is Cc1cc(Cl)ccc1OCc1csc(CNC(C)(C)C)n1. The van der Waals surface area contributed by atoms with E-state index < -0.39 is 0 Å². The van der Waals surface area contributed by atoms with Crippen LogP contribution in [0.1, 0.15) is 37.0 Å². The molecular formula is C16H21ClN2OS. The average Bonchev–Trinajstić information content (AvgIpc) is 2.82. The molecule has 0 atom stereocenters. The molecule has 2 aromatic rings. The summed E-state index contributed by atoms with van der Waals surface area (Å²) in [7, 11) is 0. The van der Waals surface area contributed by atoms with E-state index in [0.29, 0.717) is 6.61 Å². The Morgan fingerprint density at radius 3 is 2.76 bits per heavy atom. The first-order chi connectivity index (χ1) is 9.83. The highest BCUT2D eigenvalue weighted by molar-refractivity contribution is 7.09. The van der Waals surface area contributed by atoms with E-state index in [1.807, 2.05) is 30.5 Å². The second kappa shape index (κ2) is 6.77. The third-order valence-corrected chi connectivity index (χ3v) is 4.01. The lowest BCUT2D eigenvalue weighted by molar-refractivity contribution is 0.299. The van der Waals surface area contributed by atoms with Crippen LogP contribution in [0.15, 0.2) is 23.6 Å². The van der Waals surface area contributed by atoms with Crippen molar-refractivity contribution < 1.29 is 4.74 Å². The van der Waals surface area contributed by atoms with Crippen molar-refractivity contribution in [3.8, 4) is 5.75 Å². The van der Waals surface area contributed by atoms with Gasteiger partial charge in [0.1, 0.15) is 17.4 Å². The lowest BCUT2D eigenvalue weighted by atomic mass is 10.1. The topological polar surface area (TPSA) is 34.1 Å². The molecule has 3 nitrogen and oxygen atoms in total. The van der Waals surface area contributed by atoms with Gasteiger partial charge in [-0.25, -0.2) is 4.98 Å². The zero-order valence-electron chi connectivity index (χ0n) is 12.9. The minimum absolute atomic E-state index is 0.1000. The molecule has 0 fully saturated rings. The maximum Gasteiger partial charge on any atom is 0.131 e. The lowest BCUT2D eigenvalue weighted by Crippen LogP contribution is -2.35. The van der Waals surface area contributed by atoms with Gasteiger partial charge in [-0.2, -0.15) is 0 Å².